The number of rotatable bonds is 11. The molecule has 0 radical (unpaired) electrons. The van der Waals surface area contributed by atoms with Crippen molar-refractivity contribution in [2.24, 2.45) is 0 Å². The van der Waals surface area contributed by atoms with Gasteiger partial charge in [0.05, 0.1) is 6.61 Å². The predicted molar refractivity (Wildman–Crippen MR) is 121 cm³/mol. The number of phosphoric acid groups is 1. The second kappa shape index (κ2) is 11.7. The third kappa shape index (κ3) is 7.77. The number of ether oxygens (including phenoxy) is 1. The Morgan fingerprint density at radius 3 is 2.57 bits per heavy atom. The highest BCUT2D eigenvalue weighted by Crippen LogP contribution is 2.42. The minimum Gasteiger partial charge on any atom is -0.489 e. The predicted octanol–water partition coefficient (Wildman–Crippen LogP) is 6.11. The number of benzene rings is 2. The highest BCUT2D eigenvalue weighted by atomic mass is 31.2. The van der Waals surface area contributed by atoms with Crippen LogP contribution in [0.5, 0.6) is 5.75 Å². The van der Waals surface area contributed by atoms with Gasteiger partial charge in [-0.05, 0) is 53.3 Å². The van der Waals surface area contributed by atoms with Gasteiger partial charge in [0.1, 0.15) is 12.4 Å². The molecule has 1 unspecified atom stereocenters. The molecule has 0 heterocycles. The molecule has 0 saturated heterocycles. The molecule has 0 aliphatic rings. The van der Waals surface area contributed by atoms with Crippen LogP contribution < -0.4 is 4.74 Å². The maximum atomic E-state index is 11.4. The normalized spacial score (nSPS) is 14.3. The van der Waals surface area contributed by atoms with Gasteiger partial charge in [-0.25, -0.2) is 4.57 Å². The zero-order valence-electron chi connectivity index (χ0n) is 17.7. The van der Waals surface area contributed by atoms with E-state index in [0.29, 0.717) is 12.2 Å². The van der Waals surface area contributed by atoms with Crippen molar-refractivity contribution in [3.8, 4) is 5.75 Å². The Balaban J connectivity index is 2.05. The Morgan fingerprint density at radius 2 is 1.87 bits per heavy atom. The summed E-state index contributed by atoms with van der Waals surface area (Å²) in [5.41, 5.74) is 5.11. The van der Waals surface area contributed by atoms with Gasteiger partial charge >= 0.3 is 7.82 Å². The maximum Gasteiger partial charge on any atom is 0.472 e. The molecule has 2 aromatic carbocycles. The lowest BCUT2D eigenvalue weighted by Crippen LogP contribution is -1.97. The van der Waals surface area contributed by atoms with Crippen LogP contribution in [0.25, 0.3) is 5.57 Å². The fourth-order valence-corrected chi connectivity index (χ4v) is 3.07. The van der Waals surface area contributed by atoms with Crippen LogP contribution in [0.4, 0.5) is 0 Å². The summed E-state index contributed by atoms with van der Waals surface area (Å²) >= 11 is 0. The molecule has 6 heteroatoms. The molecule has 0 spiro atoms. The average molecular weight is 428 g/mol. The van der Waals surface area contributed by atoms with Crippen LogP contribution in [-0.2, 0) is 26.6 Å². The van der Waals surface area contributed by atoms with Crippen molar-refractivity contribution in [3.05, 3.63) is 95.6 Å². The van der Waals surface area contributed by atoms with E-state index in [-0.39, 0.29) is 6.61 Å². The molecule has 0 bridgehead atoms. The SMILES string of the molecule is C=CC(=CC=C(C)c1cccc(OCc2cccc(CC)c2)c1)COP(=O)(O)OC. The second-order valence-electron chi connectivity index (χ2n) is 6.71. The summed E-state index contributed by atoms with van der Waals surface area (Å²) in [7, 11) is -2.89. The molecule has 1 atom stereocenters. The lowest BCUT2D eigenvalue weighted by atomic mass is 10.1. The number of phosphoric ester groups is 1. The first-order valence-corrected chi connectivity index (χ1v) is 11.2. The van der Waals surface area contributed by atoms with Gasteiger partial charge in [-0.15, -0.1) is 0 Å². The van der Waals surface area contributed by atoms with E-state index in [1.807, 2.05) is 37.3 Å². The van der Waals surface area contributed by atoms with Gasteiger partial charge in [0.25, 0.3) is 0 Å². The van der Waals surface area contributed by atoms with E-state index in [1.165, 1.54) is 5.56 Å². The second-order valence-corrected chi connectivity index (χ2v) is 8.27. The van der Waals surface area contributed by atoms with E-state index in [1.54, 1.807) is 12.2 Å². The fourth-order valence-electron chi connectivity index (χ4n) is 2.65. The third-order valence-electron chi connectivity index (χ3n) is 4.53. The molecule has 30 heavy (non-hydrogen) atoms. The van der Waals surface area contributed by atoms with Crippen LogP contribution in [0, 0.1) is 0 Å². The van der Waals surface area contributed by atoms with E-state index >= 15 is 0 Å². The molecule has 160 valence electrons. The topological polar surface area (TPSA) is 65.0 Å². The molecule has 2 rings (SSSR count). The quantitative estimate of drug-likeness (QED) is 0.346. The zero-order valence-corrected chi connectivity index (χ0v) is 18.6. The van der Waals surface area contributed by atoms with Crippen molar-refractivity contribution in [1.29, 1.82) is 0 Å². The Morgan fingerprint density at radius 1 is 1.13 bits per heavy atom. The molecule has 2 aromatic rings. The highest BCUT2D eigenvalue weighted by Gasteiger charge is 2.18. The van der Waals surface area contributed by atoms with Crippen molar-refractivity contribution in [2.45, 2.75) is 26.9 Å². The smallest absolute Gasteiger partial charge is 0.472 e. The lowest BCUT2D eigenvalue weighted by molar-refractivity contribution is 0.186. The van der Waals surface area contributed by atoms with E-state index in [4.69, 9.17) is 9.26 Å². The van der Waals surface area contributed by atoms with Gasteiger partial charge in [-0.1, -0.05) is 68.1 Å². The number of hydrogen-bond donors (Lipinski definition) is 1. The minimum atomic E-state index is -4.02. The molecule has 0 aliphatic carbocycles. The summed E-state index contributed by atoms with van der Waals surface area (Å²) in [4.78, 5) is 9.34. The Kier molecular flexibility index (Phi) is 9.28. The van der Waals surface area contributed by atoms with Crippen molar-refractivity contribution < 1.29 is 23.2 Å². The molecular formula is C24H29O5P. The van der Waals surface area contributed by atoms with Gasteiger partial charge in [0.15, 0.2) is 0 Å². The van der Waals surface area contributed by atoms with Crippen LogP contribution in [-0.4, -0.2) is 18.6 Å². The standard InChI is InChI=1S/C24H29O5P/c1-5-20-9-7-10-22(15-20)17-28-24-12-8-11-23(16-24)19(3)13-14-21(6-2)18-29-30(25,26)27-4/h6-16H,2,5,17-18H2,1,3-4H3,(H,25,26). The van der Waals surface area contributed by atoms with Crippen molar-refractivity contribution in [3.63, 3.8) is 0 Å². The van der Waals surface area contributed by atoms with E-state index in [9.17, 15) is 9.46 Å². The zero-order chi connectivity index (χ0) is 22.0. The van der Waals surface area contributed by atoms with Crippen molar-refractivity contribution in [2.75, 3.05) is 13.7 Å². The minimum absolute atomic E-state index is 0.0745. The van der Waals surface area contributed by atoms with Gasteiger partial charge < -0.3 is 9.63 Å². The van der Waals surface area contributed by atoms with Crippen LogP contribution in [0.3, 0.4) is 0 Å². The first kappa shape index (κ1) is 23.8. The maximum absolute atomic E-state index is 11.4. The van der Waals surface area contributed by atoms with Crippen molar-refractivity contribution in [1.82, 2.24) is 0 Å². The summed E-state index contributed by atoms with van der Waals surface area (Å²) in [6.45, 7) is 8.26. The molecule has 5 nitrogen and oxygen atoms in total. The van der Waals surface area contributed by atoms with Crippen LogP contribution >= 0.6 is 7.82 Å². The fraction of sp³-hybridized carbons (Fsp3) is 0.250. The van der Waals surface area contributed by atoms with Crippen molar-refractivity contribution >= 4 is 13.4 Å². The number of hydrogen-bond acceptors (Lipinski definition) is 4. The summed E-state index contributed by atoms with van der Waals surface area (Å²) in [5, 5.41) is 0. The monoisotopic (exact) mass is 428 g/mol. The molecule has 0 fully saturated rings. The van der Waals surface area contributed by atoms with Crippen LogP contribution in [0.1, 0.15) is 30.5 Å². The van der Waals surface area contributed by atoms with Gasteiger partial charge in [-0.3, -0.25) is 9.05 Å². The van der Waals surface area contributed by atoms with E-state index in [0.717, 1.165) is 36.0 Å². The van der Waals surface area contributed by atoms with Crippen LogP contribution in [0.15, 0.2) is 78.9 Å². The summed E-state index contributed by atoms with van der Waals surface area (Å²) in [6.07, 6.45) is 6.27. The molecular weight excluding hydrogens is 399 g/mol. The first-order chi connectivity index (χ1) is 14.4. The van der Waals surface area contributed by atoms with Crippen LogP contribution in [0.2, 0.25) is 0 Å². The Hall–Kier alpha value is -2.43. The van der Waals surface area contributed by atoms with E-state index in [2.05, 4.69) is 42.3 Å². The van der Waals surface area contributed by atoms with E-state index < -0.39 is 7.82 Å². The summed E-state index contributed by atoms with van der Waals surface area (Å²) in [6, 6.07) is 16.3. The molecule has 1 N–H and O–H groups in total. The first-order valence-electron chi connectivity index (χ1n) is 9.71. The Bertz CT molecular complexity index is 962. The Labute approximate surface area is 178 Å². The molecule has 0 aromatic heterocycles. The molecule has 0 saturated carbocycles. The summed E-state index contributed by atoms with van der Waals surface area (Å²) < 4.78 is 26.7. The van der Waals surface area contributed by atoms with Gasteiger partial charge in [-0.2, -0.15) is 0 Å². The third-order valence-corrected chi connectivity index (χ3v) is 5.45. The highest BCUT2D eigenvalue weighted by molar-refractivity contribution is 7.47. The molecule has 0 aliphatic heterocycles. The van der Waals surface area contributed by atoms with Gasteiger partial charge in [0, 0.05) is 7.11 Å². The number of allylic oxidation sites excluding steroid dienone is 3. The lowest BCUT2D eigenvalue weighted by Gasteiger charge is -2.10. The summed E-state index contributed by atoms with van der Waals surface area (Å²) in [5.74, 6) is 0.791. The molecule has 0 amide bonds. The average Bonchev–Trinajstić information content (AvgIpc) is 2.78. The number of aryl methyl sites for hydroxylation is 1. The largest absolute Gasteiger partial charge is 0.489 e. The van der Waals surface area contributed by atoms with Gasteiger partial charge in [0.2, 0.25) is 0 Å².